The Bertz CT molecular complexity index is 751. The molecule has 0 aliphatic rings. The molecule has 108 valence electrons. The highest BCUT2D eigenvalue weighted by molar-refractivity contribution is 5.48. The molecule has 0 radical (unpaired) electrons. The number of methoxy groups -OCH3 is 1. The zero-order chi connectivity index (χ0) is 15.2. The van der Waals surface area contributed by atoms with E-state index in [1.807, 2.05) is 31.2 Å². The molecule has 0 fully saturated rings. The van der Waals surface area contributed by atoms with E-state index in [1.54, 1.807) is 23.8 Å². The molecule has 2 aromatic rings. The summed E-state index contributed by atoms with van der Waals surface area (Å²) in [6, 6.07) is 11.0. The molecule has 0 amide bonds. The molecular formula is C17H18N2O2. The zero-order valence-corrected chi connectivity index (χ0v) is 12.2. The molecule has 0 aliphatic carbocycles. The van der Waals surface area contributed by atoms with Crippen molar-refractivity contribution in [2.75, 3.05) is 13.7 Å². The van der Waals surface area contributed by atoms with Crippen molar-refractivity contribution in [1.82, 2.24) is 4.57 Å². The molecule has 2 N–H and O–H groups in total. The van der Waals surface area contributed by atoms with Crippen LogP contribution in [0, 0.1) is 18.8 Å². The molecule has 0 saturated carbocycles. The number of hydrogen-bond donors (Lipinski definition) is 1. The molecule has 1 aromatic carbocycles. The van der Waals surface area contributed by atoms with Gasteiger partial charge in [0.15, 0.2) is 0 Å². The van der Waals surface area contributed by atoms with Crippen LogP contribution in [0.2, 0.25) is 0 Å². The number of nitrogens with two attached hydrogens (primary N) is 1. The van der Waals surface area contributed by atoms with Gasteiger partial charge in [-0.25, -0.2) is 0 Å². The van der Waals surface area contributed by atoms with Gasteiger partial charge in [-0.3, -0.25) is 4.79 Å². The fraction of sp³-hybridized carbons (Fsp3) is 0.235. The van der Waals surface area contributed by atoms with Crippen molar-refractivity contribution >= 4 is 0 Å². The van der Waals surface area contributed by atoms with Crippen molar-refractivity contribution in [2.24, 2.45) is 5.73 Å². The minimum atomic E-state index is -0.0135. The summed E-state index contributed by atoms with van der Waals surface area (Å²) in [6.07, 6.45) is 0. The van der Waals surface area contributed by atoms with Crippen LogP contribution in [0.4, 0.5) is 0 Å². The van der Waals surface area contributed by atoms with Crippen LogP contribution in [0.1, 0.15) is 16.8 Å². The van der Waals surface area contributed by atoms with Crippen molar-refractivity contribution < 1.29 is 4.74 Å². The summed E-state index contributed by atoms with van der Waals surface area (Å²) in [5, 5.41) is 0. The molecular weight excluding hydrogens is 264 g/mol. The highest BCUT2D eigenvalue weighted by Crippen LogP contribution is 2.19. The average Bonchev–Trinajstić information content (AvgIpc) is 2.49. The lowest BCUT2D eigenvalue weighted by molar-refractivity contribution is 0.413. The van der Waals surface area contributed by atoms with Crippen molar-refractivity contribution in [1.29, 1.82) is 0 Å². The maximum absolute atomic E-state index is 11.9. The Balaban J connectivity index is 2.39. The van der Waals surface area contributed by atoms with Crippen LogP contribution in [0.3, 0.4) is 0 Å². The lowest BCUT2D eigenvalue weighted by Gasteiger charge is -2.11. The summed E-state index contributed by atoms with van der Waals surface area (Å²) in [6.45, 7) is 2.72. The quantitative estimate of drug-likeness (QED) is 0.868. The van der Waals surface area contributed by atoms with Crippen LogP contribution in [0.5, 0.6) is 5.75 Å². The van der Waals surface area contributed by atoms with E-state index in [0.717, 1.165) is 16.8 Å². The fourth-order valence-electron chi connectivity index (χ4n) is 2.11. The predicted octanol–water partition coefficient (Wildman–Crippen LogP) is 1.52. The molecule has 4 heteroatoms. The molecule has 0 spiro atoms. The third-order valence-electron chi connectivity index (χ3n) is 3.20. The zero-order valence-electron chi connectivity index (χ0n) is 12.2. The summed E-state index contributed by atoms with van der Waals surface area (Å²) in [5.74, 6) is 6.52. The SMILES string of the molecule is COc1ccc(Cn2c(C)cccc2=O)cc1C#CCN. The van der Waals surface area contributed by atoms with Gasteiger partial charge in [0, 0.05) is 11.8 Å². The third kappa shape index (κ3) is 3.53. The Morgan fingerprint density at radius 2 is 2.10 bits per heavy atom. The summed E-state index contributed by atoms with van der Waals surface area (Å²) >= 11 is 0. The van der Waals surface area contributed by atoms with Gasteiger partial charge in [0.1, 0.15) is 5.75 Å². The van der Waals surface area contributed by atoms with Gasteiger partial charge in [0.25, 0.3) is 5.56 Å². The second-order valence-corrected chi connectivity index (χ2v) is 4.63. The second kappa shape index (κ2) is 6.78. The van der Waals surface area contributed by atoms with Crippen LogP contribution >= 0.6 is 0 Å². The number of pyridine rings is 1. The number of aromatic nitrogens is 1. The molecule has 0 saturated heterocycles. The van der Waals surface area contributed by atoms with E-state index in [-0.39, 0.29) is 5.56 Å². The van der Waals surface area contributed by atoms with Gasteiger partial charge < -0.3 is 15.0 Å². The van der Waals surface area contributed by atoms with E-state index in [2.05, 4.69) is 11.8 Å². The van der Waals surface area contributed by atoms with Crippen LogP contribution in [0.25, 0.3) is 0 Å². The largest absolute Gasteiger partial charge is 0.495 e. The Morgan fingerprint density at radius 1 is 1.29 bits per heavy atom. The summed E-state index contributed by atoms with van der Waals surface area (Å²) in [4.78, 5) is 11.9. The Hall–Kier alpha value is -2.51. The van der Waals surface area contributed by atoms with E-state index in [0.29, 0.717) is 18.8 Å². The lowest BCUT2D eigenvalue weighted by Crippen LogP contribution is -2.21. The molecule has 0 unspecified atom stereocenters. The second-order valence-electron chi connectivity index (χ2n) is 4.63. The van der Waals surface area contributed by atoms with Gasteiger partial charge in [-0.15, -0.1) is 0 Å². The van der Waals surface area contributed by atoms with E-state index in [9.17, 15) is 4.79 Å². The van der Waals surface area contributed by atoms with Crippen molar-refractivity contribution in [3.63, 3.8) is 0 Å². The molecule has 4 nitrogen and oxygen atoms in total. The number of benzene rings is 1. The van der Waals surface area contributed by atoms with Crippen molar-refractivity contribution in [3.05, 3.63) is 63.6 Å². The molecule has 0 bridgehead atoms. The Labute approximate surface area is 124 Å². The topological polar surface area (TPSA) is 57.2 Å². The van der Waals surface area contributed by atoms with E-state index in [1.165, 1.54) is 0 Å². The fourth-order valence-corrected chi connectivity index (χ4v) is 2.11. The average molecular weight is 282 g/mol. The van der Waals surface area contributed by atoms with E-state index in [4.69, 9.17) is 10.5 Å². The van der Waals surface area contributed by atoms with Gasteiger partial charge in [-0.2, -0.15) is 0 Å². The number of nitrogens with zero attached hydrogens (tertiary/aromatic N) is 1. The van der Waals surface area contributed by atoms with Crippen LogP contribution < -0.4 is 16.0 Å². The standard InChI is InChI=1S/C17H18N2O2/c1-13-5-3-7-17(20)19(13)12-14-8-9-16(21-2)15(11-14)6-4-10-18/h3,5,7-9,11H,10,12,18H2,1-2H3. The van der Waals surface area contributed by atoms with Gasteiger partial charge in [-0.05, 0) is 30.7 Å². The number of rotatable bonds is 3. The van der Waals surface area contributed by atoms with Crippen molar-refractivity contribution in [3.8, 4) is 17.6 Å². The summed E-state index contributed by atoms with van der Waals surface area (Å²) in [7, 11) is 1.61. The first kappa shape index (κ1) is 14.9. The van der Waals surface area contributed by atoms with Crippen LogP contribution in [0.15, 0.2) is 41.2 Å². The third-order valence-corrected chi connectivity index (χ3v) is 3.20. The van der Waals surface area contributed by atoms with E-state index >= 15 is 0 Å². The molecule has 0 atom stereocenters. The molecule has 1 aromatic heterocycles. The maximum Gasteiger partial charge on any atom is 0.251 e. The lowest BCUT2D eigenvalue weighted by atomic mass is 10.1. The minimum Gasteiger partial charge on any atom is -0.495 e. The van der Waals surface area contributed by atoms with Crippen LogP contribution in [-0.4, -0.2) is 18.2 Å². The Morgan fingerprint density at radius 3 is 2.76 bits per heavy atom. The predicted molar refractivity (Wildman–Crippen MR) is 83.5 cm³/mol. The number of aryl methyl sites for hydroxylation is 1. The van der Waals surface area contributed by atoms with Gasteiger partial charge >= 0.3 is 0 Å². The van der Waals surface area contributed by atoms with Crippen LogP contribution in [-0.2, 0) is 6.54 Å². The monoisotopic (exact) mass is 282 g/mol. The smallest absolute Gasteiger partial charge is 0.251 e. The molecule has 1 heterocycles. The van der Waals surface area contributed by atoms with Crippen molar-refractivity contribution in [2.45, 2.75) is 13.5 Å². The van der Waals surface area contributed by atoms with Gasteiger partial charge in [0.2, 0.25) is 0 Å². The van der Waals surface area contributed by atoms with Gasteiger partial charge in [0.05, 0.1) is 25.8 Å². The summed E-state index contributed by atoms with van der Waals surface area (Å²) < 4.78 is 7.01. The summed E-state index contributed by atoms with van der Waals surface area (Å²) in [5.41, 5.74) is 8.09. The minimum absolute atomic E-state index is 0.0135. The molecule has 2 rings (SSSR count). The maximum atomic E-state index is 11.9. The first-order valence-electron chi connectivity index (χ1n) is 6.68. The highest BCUT2D eigenvalue weighted by Gasteiger charge is 2.05. The normalized spacial score (nSPS) is 9.86. The highest BCUT2D eigenvalue weighted by atomic mass is 16.5. The first-order chi connectivity index (χ1) is 10.2. The number of hydrogen-bond acceptors (Lipinski definition) is 3. The Kier molecular flexibility index (Phi) is 4.81. The molecule has 0 aliphatic heterocycles. The molecule has 21 heavy (non-hydrogen) atoms. The van der Waals surface area contributed by atoms with E-state index < -0.39 is 0 Å². The van der Waals surface area contributed by atoms with Gasteiger partial charge in [-0.1, -0.05) is 24.0 Å². The first-order valence-corrected chi connectivity index (χ1v) is 6.68. The number of ether oxygens (including phenoxy) is 1.